The van der Waals surface area contributed by atoms with Crippen molar-refractivity contribution in [3.05, 3.63) is 35.4 Å². The van der Waals surface area contributed by atoms with Crippen molar-refractivity contribution in [1.29, 1.82) is 0 Å². The van der Waals surface area contributed by atoms with Crippen LogP contribution in [0.25, 0.3) is 6.08 Å². The average molecular weight is 189 g/mol. The molecule has 1 aromatic rings. The van der Waals surface area contributed by atoms with Crippen LogP contribution in [0.4, 0.5) is 5.69 Å². The molecule has 0 fully saturated rings. The van der Waals surface area contributed by atoms with Crippen LogP contribution in [0.1, 0.15) is 11.1 Å². The van der Waals surface area contributed by atoms with E-state index in [2.05, 4.69) is 5.32 Å². The van der Waals surface area contributed by atoms with Crippen LogP contribution >= 0.6 is 0 Å². The minimum absolute atomic E-state index is 0.0115. The molecule has 1 aliphatic heterocycles. The summed E-state index contributed by atoms with van der Waals surface area (Å²) in [6, 6.07) is 5.76. The summed E-state index contributed by atoms with van der Waals surface area (Å²) >= 11 is 0. The number of benzene rings is 1. The second kappa shape index (κ2) is 3.64. The highest BCUT2D eigenvalue weighted by Crippen LogP contribution is 2.27. The molecule has 0 aliphatic carbocycles. The number of para-hydroxylation sites is 1. The van der Waals surface area contributed by atoms with Gasteiger partial charge >= 0.3 is 0 Å². The second-order valence-corrected chi connectivity index (χ2v) is 3.19. The molecule has 1 aliphatic rings. The number of fused-ring (bicyclic) bond motifs is 1. The Morgan fingerprint density at radius 3 is 3.14 bits per heavy atom. The summed E-state index contributed by atoms with van der Waals surface area (Å²) in [5, 5.41) is 11.5. The molecule has 1 amide bonds. The Morgan fingerprint density at radius 1 is 1.50 bits per heavy atom. The van der Waals surface area contributed by atoms with Gasteiger partial charge in [-0.05, 0) is 11.1 Å². The molecule has 0 saturated carbocycles. The zero-order valence-electron chi connectivity index (χ0n) is 7.66. The lowest BCUT2D eigenvalue weighted by molar-refractivity contribution is -0.115. The van der Waals surface area contributed by atoms with E-state index in [1.807, 2.05) is 24.3 Å². The van der Waals surface area contributed by atoms with Crippen molar-refractivity contribution in [2.75, 3.05) is 11.9 Å². The first-order valence-electron chi connectivity index (χ1n) is 4.50. The Bertz CT molecular complexity index is 396. The van der Waals surface area contributed by atoms with E-state index in [0.717, 1.165) is 16.8 Å². The lowest BCUT2D eigenvalue weighted by Crippen LogP contribution is -2.04. The lowest BCUT2D eigenvalue weighted by atomic mass is 10.1. The van der Waals surface area contributed by atoms with Crippen LogP contribution in [0.2, 0.25) is 0 Å². The summed E-state index contributed by atoms with van der Waals surface area (Å²) in [7, 11) is 0. The van der Waals surface area contributed by atoms with Crippen molar-refractivity contribution in [2.45, 2.75) is 6.42 Å². The van der Waals surface area contributed by atoms with Gasteiger partial charge in [0.1, 0.15) is 0 Å². The molecular weight excluding hydrogens is 178 g/mol. The van der Waals surface area contributed by atoms with Gasteiger partial charge in [0.25, 0.3) is 0 Å². The number of anilines is 1. The number of aliphatic hydroxyl groups excluding tert-OH is 1. The predicted octanol–water partition coefficient (Wildman–Crippen LogP) is 1.19. The molecular formula is C11H11NO2. The number of amides is 1. The Kier molecular flexibility index (Phi) is 2.33. The van der Waals surface area contributed by atoms with Crippen molar-refractivity contribution in [3.63, 3.8) is 0 Å². The Labute approximate surface area is 82.1 Å². The van der Waals surface area contributed by atoms with E-state index in [-0.39, 0.29) is 12.5 Å². The molecule has 2 N–H and O–H groups in total. The highest BCUT2D eigenvalue weighted by atomic mass is 16.2. The van der Waals surface area contributed by atoms with Crippen molar-refractivity contribution >= 4 is 17.7 Å². The van der Waals surface area contributed by atoms with Crippen LogP contribution in [0.3, 0.4) is 0 Å². The topological polar surface area (TPSA) is 49.3 Å². The van der Waals surface area contributed by atoms with Gasteiger partial charge in [-0.25, -0.2) is 0 Å². The maximum absolute atomic E-state index is 11.1. The number of aliphatic hydroxyl groups is 1. The summed E-state index contributed by atoms with van der Waals surface area (Å²) in [6.45, 7) is 0.0115. The fraction of sp³-hybridized carbons (Fsp3) is 0.182. The highest BCUT2D eigenvalue weighted by Gasteiger charge is 2.18. The predicted molar refractivity (Wildman–Crippen MR) is 54.9 cm³/mol. The van der Waals surface area contributed by atoms with Gasteiger partial charge in [-0.3, -0.25) is 4.79 Å². The van der Waals surface area contributed by atoms with E-state index in [0.29, 0.717) is 6.42 Å². The Morgan fingerprint density at radius 2 is 2.36 bits per heavy atom. The first-order valence-corrected chi connectivity index (χ1v) is 4.50. The van der Waals surface area contributed by atoms with Gasteiger partial charge < -0.3 is 10.4 Å². The number of hydrogen-bond donors (Lipinski definition) is 2. The van der Waals surface area contributed by atoms with Crippen LogP contribution in [0.5, 0.6) is 0 Å². The minimum Gasteiger partial charge on any atom is -0.392 e. The fourth-order valence-electron chi connectivity index (χ4n) is 1.59. The molecule has 3 nitrogen and oxygen atoms in total. The van der Waals surface area contributed by atoms with Crippen molar-refractivity contribution < 1.29 is 9.90 Å². The summed E-state index contributed by atoms with van der Waals surface area (Å²) < 4.78 is 0. The second-order valence-electron chi connectivity index (χ2n) is 3.19. The van der Waals surface area contributed by atoms with E-state index in [1.165, 1.54) is 0 Å². The van der Waals surface area contributed by atoms with Crippen LogP contribution in [0, 0.1) is 0 Å². The number of carbonyl (C=O) groups is 1. The summed E-state index contributed by atoms with van der Waals surface area (Å²) in [5.41, 5.74) is 2.85. The number of nitrogens with one attached hydrogen (secondary N) is 1. The molecule has 0 saturated heterocycles. The number of carbonyl (C=O) groups excluding carboxylic acids is 1. The smallest absolute Gasteiger partial charge is 0.228 e. The summed E-state index contributed by atoms with van der Waals surface area (Å²) in [5.74, 6) is 0.0323. The molecule has 0 radical (unpaired) electrons. The third-order valence-electron chi connectivity index (χ3n) is 2.20. The van der Waals surface area contributed by atoms with E-state index in [4.69, 9.17) is 5.11 Å². The van der Waals surface area contributed by atoms with Gasteiger partial charge in [0.15, 0.2) is 0 Å². The Hall–Kier alpha value is -1.61. The molecule has 0 bridgehead atoms. The van der Waals surface area contributed by atoms with E-state index in [9.17, 15) is 4.79 Å². The van der Waals surface area contributed by atoms with Crippen LogP contribution in [-0.2, 0) is 11.2 Å². The van der Waals surface area contributed by atoms with Gasteiger partial charge in [-0.1, -0.05) is 30.4 Å². The molecule has 1 aromatic carbocycles. The molecule has 2 rings (SSSR count). The molecule has 0 atom stereocenters. The highest BCUT2D eigenvalue weighted by molar-refractivity contribution is 6.01. The summed E-state index contributed by atoms with van der Waals surface area (Å²) in [4.78, 5) is 11.1. The van der Waals surface area contributed by atoms with Gasteiger partial charge in [0, 0.05) is 0 Å². The molecule has 0 aromatic heterocycles. The third-order valence-corrected chi connectivity index (χ3v) is 2.20. The fourth-order valence-corrected chi connectivity index (χ4v) is 1.59. The van der Waals surface area contributed by atoms with Crippen molar-refractivity contribution in [2.24, 2.45) is 0 Å². The SMILES string of the molecule is O=C1Cc2cccc(C=CCO)c2N1. The molecule has 0 spiro atoms. The van der Waals surface area contributed by atoms with Gasteiger partial charge in [0.2, 0.25) is 5.91 Å². The first-order chi connectivity index (χ1) is 6.81. The monoisotopic (exact) mass is 189 g/mol. The third kappa shape index (κ3) is 1.54. The zero-order valence-corrected chi connectivity index (χ0v) is 7.66. The van der Waals surface area contributed by atoms with Gasteiger partial charge in [0.05, 0.1) is 18.7 Å². The molecule has 3 heteroatoms. The average Bonchev–Trinajstić information content (AvgIpc) is 2.55. The summed E-state index contributed by atoms with van der Waals surface area (Å²) in [6.07, 6.45) is 3.92. The zero-order chi connectivity index (χ0) is 9.97. The normalized spacial score (nSPS) is 14.5. The molecule has 14 heavy (non-hydrogen) atoms. The maximum atomic E-state index is 11.1. The van der Waals surface area contributed by atoms with E-state index >= 15 is 0 Å². The first kappa shape index (κ1) is 8.97. The Balaban J connectivity index is 2.39. The molecule has 1 heterocycles. The molecule has 72 valence electrons. The largest absolute Gasteiger partial charge is 0.392 e. The molecule has 0 unspecified atom stereocenters. The lowest BCUT2D eigenvalue weighted by Gasteiger charge is -2.02. The van der Waals surface area contributed by atoms with Gasteiger partial charge in [-0.2, -0.15) is 0 Å². The van der Waals surface area contributed by atoms with Crippen LogP contribution in [0.15, 0.2) is 24.3 Å². The number of rotatable bonds is 2. The van der Waals surface area contributed by atoms with Crippen LogP contribution in [-0.4, -0.2) is 17.6 Å². The maximum Gasteiger partial charge on any atom is 0.228 e. The van der Waals surface area contributed by atoms with Crippen molar-refractivity contribution in [1.82, 2.24) is 0 Å². The van der Waals surface area contributed by atoms with Crippen LogP contribution < -0.4 is 5.32 Å². The van der Waals surface area contributed by atoms with Crippen molar-refractivity contribution in [3.8, 4) is 0 Å². The standard InChI is InChI=1S/C11H11NO2/c13-6-2-5-8-3-1-4-9-7-10(14)12-11(8)9/h1-5,13H,6-7H2,(H,12,14). The quantitative estimate of drug-likeness (QED) is 0.734. The minimum atomic E-state index is 0.0115. The van der Waals surface area contributed by atoms with Gasteiger partial charge in [-0.15, -0.1) is 0 Å². The van der Waals surface area contributed by atoms with E-state index < -0.39 is 0 Å². The number of hydrogen-bond acceptors (Lipinski definition) is 2. The van der Waals surface area contributed by atoms with E-state index in [1.54, 1.807) is 6.08 Å².